The van der Waals surface area contributed by atoms with Gasteiger partial charge in [-0.05, 0) is 32.1 Å². The van der Waals surface area contributed by atoms with Gasteiger partial charge in [-0.25, -0.2) is 4.98 Å². The van der Waals surface area contributed by atoms with E-state index in [4.69, 9.17) is 10.5 Å². The fourth-order valence-corrected chi connectivity index (χ4v) is 5.30. The maximum atomic E-state index is 12.8. The fourth-order valence-electron chi connectivity index (χ4n) is 4.18. The molecule has 0 bridgehead atoms. The first kappa shape index (κ1) is 18.8. The van der Waals surface area contributed by atoms with E-state index < -0.39 is 5.54 Å². The van der Waals surface area contributed by atoms with Crippen LogP contribution in [0, 0.1) is 11.3 Å². The lowest BCUT2D eigenvalue weighted by Crippen LogP contribution is -2.74. The number of hydrogen-bond acceptors (Lipinski definition) is 5. The molecule has 1 aromatic heterocycles. The molecule has 2 aliphatic rings. The van der Waals surface area contributed by atoms with Crippen molar-refractivity contribution in [2.45, 2.75) is 77.9 Å². The summed E-state index contributed by atoms with van der Waals surface area (Å²) >= 11 is 1.63. The zero-order valence-electron chi connectivity index (χ0n) is 15.9. The Morgan fingerprint density at radius 1 is 1.44 bits per heavy atom. The van der Waals surface area contributed by atoms with E-state index in [9.17, 15) is 4.79 Å². The number of nitrogens with one attached hydrogen (secondary N) is 1. The molecule has 3 N–H and O–H groups in total. The van der Waals surface area contributed by atoms with E-state index in [1.54, 1.807) is 11.3 Å². The van der Waals surface area contributed by atoms with Gasteiger partial charge in [-0.1, -0.05) is 33.6 Å². The minimum Gasteiger partial charge on any atom is -0.378 e. The smallest absolute Gasteiger partial charge is 0.246 e. The maximum Gasteiger partial charge on any atom is 0.246 e. The minimum atomic E-state index is -0.899. The molecule has 6 heteroatoms. The highest BCUT2D eigenvalue weighted by atomic mass is 32.1. The van der Waals surface area contributed by atoms with Crippen LogP contribution in [0.15, 0.2) is 0 Å². The summed E-state index contributed by atoms with van der Waals surface area (Å²) in [5, 5.41) is 3.70. The Labute approximate surface area is 154 Å². The summed E-state index contributed by atoms with van der Waals surface area (Å²) in [5.74, 6) is 0.629. The van der Waals surface area contributed by atoms with Crippen molar-refractivity contribution < 1.29 is 9.53 Å². The van der Waals surface area contributed by atoms with Gasteiger partial charge < -0.3 is 15.8 Å². The molecule has 0 radical (unpaired) electrons. The first-order valence-corrected chi connectivity index (χ1v) is 10.3. The number of carbonyl (C=O) groups excluding carboxylic acids is 1. The molecule has 1 heterocycles. The summed E-state index contributed by atoms with van der Waals surface area (Å²) in [7, 11) is 0. The second-order valence-electron chi connectivity index (χ2n) is 8.08. The SMILES string of the molecule is CCCC1CCc2nc(NC(=O)C3(N)CC(OCC)C3(C)C)sc2C1. The number of aryl methyl sites for hydroxylation is 1. The van der Waals surface area contributed by atoms with Gasteiger partial charge in [-0.3, -0.25) is 4.79 Å². The molecule has 5 nitrogen and oxygen atoms in total. The molecule has 0 spiro atoms. The van der Waals surface area contributed by atoms with Crippen LogP contribution in [0.25, 0.3) is 0 Å². The normalized spacial score (nSPS) is 30.4. The fraction of sp³-hybridized carbons (Fsp3) is 0.789. The van der Waals surface area contributed by atoms with Gasteiger partial charge >= 0.3 is 0 Å². The Hall–Kier alpha value is -0.980. The van der Waals surface area contributed by atoms with Gasteiger partial charge in [0, 0.05) is 23.3 Å². The van der Waals surface area contributed by atoms with E-state index >= 15 is 0 Å². The zero-order chi connectivity index (χ0) is 18.2. The van der Waals surface area contributed by atoms with Gasteiger partial charge in [0.25, 0.3) is 0 Å². The molecule has 0 aromatic carbocycles. The van der Waals surface area contributed by atoms with E-state index in [2.05, 4.69) is 17.2 Å². The molecule has 25 heavy (non-hydrogen) atoms. The highest BCUT2D eigenvalue weighted by Crippen LogP contribution is 2.50. The van der Waals surface area contributed by atoms with Crippen LogP contribution < -0.4 is 11.1 Å². The topological polar surface area (TPSA) is 77.2 Å². The number of fused-ring (bicyclic) bond motifs is 1. The largest absolute Gasteiger partial charge is 0.378 e. The number of anilines is 1. The molecule has 1 amide bonds. The van der Waals surface area contributed by atoms with Crippen molar-refractivity contribution in [2.24, 2.45) is 17.1 Å². The van der Waals surface area contributed by atoms with Crippen LogP contribution in [0.1, 0.15) is 63.9 Å². The van der Waals surface area contributed by atoms with E-state index in [1.165, 1.54) is 29.8 Å². The van der Waals surface area contributed by atoms with Crippen LogP contribution in [0.3, 0.4) is 0 Å². The van der Waals surface area contributed by atoms with Crippen molar-refractivity contribution >= 4 is 22.4 Å². The van der Waals surface area contributed by atoms with Crippen LogP contribution in [0.2, 0.25) is 0 Å². The maximum absolute atomic E-state index is 12.8. The Morgan fingerprint density at radius 3 is 2.84 bits per heavy atom. The molecule has 1 fully saturated rings. The van der Waals surface area contributed by atoms with Crippen molar-refractivity contribution in [1.29, 1.82) is 0 Å². The first-order valence-electron chi connectivity index (χ1n) is 9.52. The predicted molar refractivity (Wildman–Crippen MR) is 102 cm³/mol. The summed E-state index contributed by atoms with van der Waals surface area (Å²) in [4.78, 5) is 18.8. The predicted octanol–water partition coefficient (Wildman–Crippen LogP) is 3.52. The van der Waals surface area contributed by atoms with E-state index in [-0.39, 0.29) is 17.4 Å². The number of thiazole rings is 1. The number of aromatic nitrogens is 1. The van der Waals surface area contributed by atoms with Gasteiger partial charge in [-0.15, -0.1) is 11.3 Å². The second-order valence-corrected chi connectivity index (χ2v) is 9.17. The molecule has 140 valence electrons. The van der Waals surface area contributed by atoms with Crippen LogP contribution in [-0.4, -0.2) is 29.1 Å². The number of ether oxygens (including phenoxy) is 1. The van der Waals surface area contributed by atoms with Crippen LogP contribution >= 0.6 is 11.3 Å². The van der Waals surface area contributed by atoms with Gasteiger partial charge in [0.2, 0.25) is 5.91 Å². The third-order valence-corrected chi connectivity index (χ3v) is 7.23. The number of carbonyl (C=O) groups is 1. The summed E-state index contributed by atoms with van der Waals surface area (Å²) in [5.41, 5.74) is 6.35. The zero-order valence-corrected chi connectivity index (χ0v) is 16.7. The van der Waals surface area contributed by atoms with Gasteiger partial charge in [0.15, 0.2) is 5.13 Å². The van der Waals surface area contributed by atoms with Gasteiger partial charge in [0.05, 0.1) is 11.8 Å². The number of hydrogen-bond donors (Lipinski definition) is 2. The lowest BCUT2D eigenvalue weighted by atomic mass is 9.54. The van der Waals surface area contributed by atoms with E-state index in [0.717, 1.165) is 18.8 Å². The highest BCUT2D eigenvalue weighted by molar-refractivity contribution is 7.15. The van der Waals surface area contributed by atoms with Gasteiger partial charge in [-0.2, -0.15) is 0 Å². The molecule has 1 saturated carbocycles. The van der Waals surface area contributed by atoms with Crippen LogP contribution in [0.5, 0.6) is 0 Å². The average molecular weight is 366 g/mol. The Balaban J connectivity index is 1.67. The van der Waals surface area contributed by atoms with Crippen LogP contribution in [-0.2, 0) is 22.4 Å². The highest BCUT2D eigenvalue weighted by Gasteiger charge is 2.63. The Morgan fingerprint density at radius 2 is 2.20 bits per heavy atom. The average Bonchev–Trinajstić information content (AvgIpc) is 2.96. The first-order chi connectivity index (χ1) is 11.8. The molecule has 3 unspecified atom stereocenters. The Bertz CT molecular complexity index is 643. The van der Waals surface area contributed by atoms with E-state index in [0.29, 0.717) is 18.2 Å². The van der Waals surface area contributed by atoms with Crippen molar-refractivity contribution in [3.05, 3.63) is 10.6 Å². The minimum absolute atomic E-state index is 0.0348. The third kappa shape index (κ3) is 3.24. The molecule has 1 aromatic rings. The number of nitrogens with zero attached hydrogens (tertiary/aromatic N) is 1. The third-order valence-electron chi connectivity index (χ3n) is 6.19. The van der Waals surface area contributed by atoms with Crippen molar-refractivity contribution in [3.63, 3.8) is 0 Å². The molecule has 2 aliphatic carbocycles. The molecule has 3 atom stereocenters. The number of rotatable bonds is 6. The summed E-state index contributed by atoms with van der Waals surface area (Å²) < 4.78 is 5.72. The van der Waals surface area contributed by atoms with E-state index in [1.807, 2.05) is 20.8 Å². The lowest BCUT2D eigenvalue weighted by molar-refractivity contribution is -0.166. The lowest BCUT2D eigenvalue weighted by Gasteiger charge is -2.57. The molecular weight excluding hydrogens is 334 g/mol. The quantitative estimate of drug-likeness (QED) is 0.808. The van der Waals surface area contributed by atoms with Crippen LogP contribution in [0.4, 0.5) is 5.13 Å². The molecule has 0 saturated heterocycles. The standard InChI is InChI=1S/C19H31N3O2S/c1-5-7-12-8-9-13-14(10-12)25-17(21-13)22-16(23)19(20)11-15(24-6-2)18(19,3)4/h12,15H,5-11,20H2,1-4H3,(H,21,22,23). The molecule has 0 aliphatic heterocycles. The van der Waals surface area contributed by atoms with Gasteiger partial charge in [0.1, 0.15) is 5.54 Å². The number of nitrogens with two attached hydrogens (primary N) is 1. The summed E-state index contributed by atoms with van der Waals surface area (Å²) in [6.07, 6.45) is 6.44. The van der Waals surface area contributed by atoms with Crippen molar-refractivity contribution in [3.8, 4) is 0 Å². The van der Waals surface area contributed by atoms with Crippen molar-refractivity contribution in [2.75, 3.05) is 11.9 Å². The molecular formula is C19H31N3O2S. The molecule has 3 rings (SSSR count). The monoisotopic (exact) mass is 365 g/mol. The number of amides is 1. The van der Waals surface area contributed by atoms with Crippen molar-refractivity contribution in [1.82, 2.24) is 4.98 Å². The summed E-state index contributed by atoms with van der Waals surface area (Å²) in [6, 6.07) is 0. The summed E-state index contributed by atoms with van der Waals surface area (Å²) in [6.45, 7) is 8.88. The Kier molecular flexibility index (Phi) is 5.24. The second kappa shape index (κ2) is 6.97.